The molecule has 0 amide bonds. The summed E-state index contributed by atoms with van der Waals surface area (Å²) >= 11 is 0. The van der Waals surface area contributed by atoms with E-state index in [-0.39, 0.29) is 6.42 Å². The zero-order valence-corrected chi connectivity index (χ0v) is 8.61. The Kier molecular flexibility index (Phi) is 2.84. The van der Waals surface area contributed by atoms with Gasteiger partial charge in [-0.15, -0.1) is 0 Å². The number of rotatable bonds is 3. The molecule has 1 aromatic heterocycles. The van der Waals surface area contributed by atoms with Crippen LogP contribution in [-0.4, -0.2) is 21.0 Å². The molecule has 0 aliphatic rings. The summed E-state index contributed by atoms with van der Waals surface area (Å²) < 4.78 is 0. The molecule has 0 aromatic carbocycles. The van der Waals surface area contributed by atoms with E-state index >= 15 is 0 Å². The highest BCUT2D eigenvalue weighted by Gasteiger charge is 2.27. The van der Waals surface area contributed by atoms with Crippen molar-refractivity contribution in [2.45, 2.75) is 32.6 Å². The summed E-state index contributed by atoms with van der Waals surface area (Å²) in [5.74, 6) is -0.819. The van der Waals surface area contributed by atoms with Crippen LogP contribution >= 0.6 is 0 Å². The lowest BCUT2D eigenvalue weighted by Crippen LogP contribution is -2.24. The van der Waals surface area contributed by atoms with Crippen molar-refractivity contribution in [3.63, 3.8) is 0 Å². The smallest absolute Gasteiger partial charge is 0.304 e. The lowest BCUT2D eigenvalue weighted by Gasteiger charge is -2.22. The summed E-state index contributed by atoms with van der Waals surface area (Å²) in [4.78, 5) is 18.9. The van der Waals surface area contributed by atoms with Crippen molar-refractivity contribution in [2.24, 2.45) is 0 Å². The molecule has 4 heteroatoms. The zero-order chi connectivity index (χ0) is 10.8. The van der Waals surface area contributed by atoms with E-state index in [1.165, 1.54) is 0 Å². The highest BCUT2D eigenvalue weighted by atomic mass is 16.4. The first kappa shape index (κ1) is 10.6. The van der Waals surface area contributed by atoms with Crippen molar-refractivity contribution < 1.29 is 9.90 Å². The Morgan fingerprint density at radius 3 is 2.50 bits per heavy atom. The van der Waals surface area contributed by atoms with E-state index in [4.69, 9.17) is 5.11 Å². The molecule has 0 saturated carbocycles. The van der Waals surface area contributed by atoms with Gasteiger partial charge in [-0.1, -0.05) is 13.8 Å². The van der Waals surface area contributed by atoms with Crippen LogP contribution in [0, 0.1) is 6.92 Å². The maximum atomic E-state index is 10.7. The maximum Gasteiger partial charge on any atom is 0.304 e. The summed E-state index contributed by atoms with van der Waals surface area (Å²) in [5, 5.41) is 8.75. The van der Waals surface area contributed by atoms with Gasteiger partial charge >= 0.3 is 5.97 Å². The van der Waals surface area contributed by atoms with Crippen LogP contribution in [-0.2, 0) is 10.2 Å². The van der Waals surface area contributed by atoms with Gasteiger partial charge in [0.15, 0.2) is 0 Å². The van der Waals surface area contributed by atoms with Gasteiger partial charge in [0.25, 0.3) is 0 Å². The number of carboxylic acids is 1. The molecule has 0 fully saturated rings. The van der Waals surface area contributed by atoms with Gasteiger partial charge < -0.3 is 5.11 Å². The molecule has 0 aliphatic heterocycles. The standard InChI is InChI=1S/C10H14N2O2/c1-7-9(12-5-4-11-7)10(2,3)6-8(13)14/h4-5H,6H2,1-3H3,(H,13,14). The minimum atomic E-state index is -0.819. The SMILES string of the molecule is Cc1nccnc1C(C)(C)CC(=O)O. The number of hydrogen-bond acceptors (Lipinski definition) is 3. The normalized spacial score (nSPS) is 11.4. The molecule has 0 atom stereocenters. The zero-order valence-electron chi connectivity index (χ0n) is 8.61. The van der Waals surface area contributed by atoms with Crippen LogP contribution in [0.5, 0.6) is 0 Å². The minimum Gasteiger partial charge on any atom is -0.481 e. The van der Waals surface area contributed by atoms with Gasteiger partial charge in [-0.25, -0.2) is 0 Å². The first-order valence-corrected chi connectivity index (χ1v) is 4.43. The molecule has 1 rings (SSSR count). The molecular weight excluding hydrogens is 180 g/mol. The third kappa shape index (κ3) is 2.28. The van der Waals surface area contributed by atoms with Crippen molar-refractivity contribution in [2.75, 3.05) is 0 Å². The number of aliphatic carboxylic acids is 1. The summed E-state index contributed by atoms with van der Waals surface area (Å²) in [7, 11) is 0. The van der Waals surface area contributed by atoms with Crippen molar-refractivity contribution in [3.05, 3.63) is 23.8 Å². The van der Waals surface area contributed by atoms with Crippen molar-refractivity contribution >= 4 is 5.97 Å². The second kappa shape index (κ2) is 3.74. The van der Waals surface area contributed by atoms with E-state index in [1.54, 1.807) is 12.4 Å². The summed E-state index contributed by atoms with van der Waals surface area (Å²) in [6.07, 6.45) is 3.26. The van der Waals surface area contributed by atoms with E-state index in [0.29, 0.717) is 0 Å². The van der Waals surface area contributed by atoms with E-state index < -0.39 is 11.4 Å². The van der Waals surface area contributed by atoms with Crippen LogP contribution < -0.4 is 0 Å². The second-order valence-corrected chi connectivity index (χ2v) is 3.94. The van der Waals surface area contributed by atoms with Gasteiger partial charge in [0.05, 0.1) is 17.8 Å². The molecule has 1 heterocycles. The number of nitrogens with zero attached hydrogens (tertiary/aromatic N) is 2. The average Bonchev–Trinajstić information content (AvgIpc) is 2.02. The fourth-order valence-electron chi connectivity index (χ4n) is 1.53. The minimum absolute atomic E-state index is 0.0620. The van der Waals surface area contributed by atoms with E-state index in [0.717, 1.165) is 11.4 Å². The lowest BCUT2D eigenvalue weighted by atomic mass is 9.84. The van der Waals surface area contributed by atoms with Crippen molar-refractivity contribution in [1.29, 1.82) is 0 Å². The van der Waals surface area contributed by atoms with Crippen molar-refractivity contribution in [1.82, 2.24) is 9.97 Å². The van der Waals surface area contributed by atoms with E-state index in [1.807, 2.05) is 20.8 Å². The first-order valence-electron chi connectivity index (χ1n) is 4.43. The van der Waals surface area contributed by atoms with E-state index in [9.17, 15) is 4.79 Å². The molecule has 0 bridgehead atoms. The number of hydrogen-bond donors (Lipinski definition) is 1. The third-order valence-corrected chi connectivity index (χ3v) is 2.12. The van der Waals surface area contributed by atoms with Crippen LogP contribution in [0.15, 0.2) is 12.4 Å². The van der Waals surface area contributed by atoms with Crippen LogP contribution in [0.2, 0.25) is 0 Å². The van der Waals surface area contributed by atoms with Crippen molar-refractivity contribution in [3.8, 4) is 0 Å². The Balaban J connectivity index is 3.03. The quantitative estimate of drug-likeness (QED) is 0.792. The summed E-state index contributed by atoms with van der Waals surface area (Å²) in [6, 6.07) is 0. The highest BCUT2D eigenvalue weighted by Crippen LogP contribution is 2.26. The molecule has 0 unspecified atom stereocenters. The van der Waals surface area contributed by atoms with Gasteiger partial charge in [-0.3, -0.25) is 14.8 Å². The largest absolute Gasteiger partial charge is 0.481 e. The van der Waals surface area contributed by atoms with Crippen LogP contribution in [0.1, 0.15) is 31.7 Å². The molecule has 76 valence electrons. The molecular formula is C10H14N2O2. The molecule has 1 N–H and O–H groups in total. The topological polar surface area (TPSA) is 63.1 Å². The van der Waals surface area contributed by atoms with Crippen LogP contribution in [0.25, 0.3) is 0 Å². The Bertz CT molecular complexity index is 348. The van der Waals surface area contributed by atoms with Gasteiger partial charge in [0, 0.05) is 17.8 Å². The molecule has 0 aliphatic carbocycles. The predicted molar refractivity (Wildman–Crippen MR) is 52.0 cm³/mol. The summed E-state index contributed by atoms with van der Waals surface area (Å²) in [6.45, 7) is 5.56. The van der Waals surface area contributed by atoms with Crippen LogP contribution in [0.3, 0.4) is 0 Å². The molecule has 14 heavy (non-hydrogen) atoms. The number of aryl methyl sites for hydroxylation is 1. The fourth-order valence-corrected chi connectivity index (χ4v) is 1.53. The third-order valence-electron chi connectivity index (χ3n) is 2.12. The van der Waals surface area contributed by atoms with Gasteiger partial charge in [0.1, 0.15) is 0 Å². The Hall–Kier alpha value is -1.45. The first-order chi connectivity index (χ1) is 6.43. The Labute approximate surface area is 83.0 Å². The fraction of sp³-hybridized carbons (Fsp3) is 0.500. The number of aromatic nitrogens is 2. The van der Waals surface area contributed by atoms with Gasteiger partial charge in [0.2, 0.25) is 0 Å². The van der Waals surface area contributed by atoms with Crippen LogP contribution in [0.4, 0.5) is 0 Å². The molecule has 0 spiro atoms. The molecule has 1 aromatic rings. The maximum absolute atomic E-state index is 10.7. The molecule has 0 radical (unpaired) electrons. The highest BCUT2D eigenvalue weighted by molar-refractivity contribution is 5.68. The average molecular weight is 194 g/mol. The number of carbonyl (C=O) groups is 1. The molecule has 0 saturated heterocycles. The second-order valence-electron chi connectivity index (χ2n) is 3.94. The molecule has 4 nitrogen and oxygen atoms in total. The predicted octanol–water partition coefficient (Wildman–Crippen LogP) is 1.54. The monoisotopic (exact) mass is 194 g/mol. The summed E-state index contributed by atoms with van der Waals surface area (Å²) in [5.41, 5.74) is 1.07. The Morgan fingerprint density at radius 1 is 1.43 bits per heavy atom. The lowest BCUT2D eigenvalue weighted by molar-refractivity contribution is -0.138. The van der Waals surface area contributed by atoms with Gasteiger partial charge in [-0.05, 0) is 6.92 Å². The van der Waals surface area contributed by atoms with Gasteiger partial charge in [-0.2, -0.15) is 0 Å². The Morgan fingerprint density at radius 2 is 2.00 bits per heavy atom. The number of carboxylic acid groups (broad SMARTS) is 1. The van der Waals surface area contributed by atoms with E-state index in [2.05, 4.69) is 9.97 Å².